The molecule has 2 N–H and O–H groups in total. The Morgan fingerprint density at radius 2 is 1.95 bits per heavy atom. The molecule has 0 radical (unpaired) electrons. The standard InChI is InChI=1S/C19H30N2O/c1-4-15-9-6-10-17-18(20)16(12-22-19(15)17)11-21-13(2)7-5-8-14(21)3/h6,9-10,13-14,16,18H,4-5,7-8,11-12,20H2,1-3H3. The molecule has 0 aliphatic carbocycles. The Bertz CT molecular complexity index is 506. The third-order valence-corrected chi connectivity index (χ3v) is 5.64. The number of benzene rings is 1. The Balaban J connectivity index is 1.76. The van der Waals surface area contributed by atoms with E-state index in [2.05, 4.69) is 43.9 Å². The maximum atomic E-state index is 6.62. The van der Waals surface area contributed by atoms with Crippen molar-refractivity contribution in [3.8, 4) is 5.75 Å². The fourth-order valence-electron chi connectivity index (χ4n) is 4.14. The first-order chi connectivity index (χ1) is 10.6. The number of hydrogen-bond donors (Lipinski definition) is 1. The van der Waals surface area contributed by atoms with Crippen LogP contribution in [-0.4, -0.2) is 30.1 Å². The molecular formula is C19H30N2O. The number of nitrogens with two attached hydrogens (primary N) is 1. The predicted octanol–water partition coefficient (Wildman–Crippen LogP) is 3.52. The monoisotopic (exact) mass is 302 g/mol. The zero-order valence-corrected chi connectivity index (χ0v) is 14.2. The molecule has 0 saturated carbocycles. The predicted molar refractivity (Wildman–Crippen MR) is 91.2 cm³/mol. The van der Waals surface area contributed by atoms with Crippen LogP contribution in [0, 0.1) is 5.92 Å². The van der Waals surface area contributed by atoms with Gasteiger partial charge in [0.15, 0.2) is 0 Å². The van der Waals surface area contributed by atoms with Crippen molar-refractivity contribution in [1.82, 2.24) is 4.90 Å². The molecule has 2 heterocycles. The van der Waals surface area contributed by atoms with E-state index in [1.807, 2.05) is 0 Å². The summed E-state index contributed by atoms with van der Waals surface area (Å²) in [6.07, 6.45) is 4.98. The zero-order valence-electron chi connectivity index (χ0n) is 14.2. The fraction of sp³-hybridized carbons (Fsp3) is 0.684. The lowest BCUT2D eigenvalue weighted by Gasteiger charge is -2.43. The summed E-state index contributed by atoms with van der Waals surface area (Å²) in [5.74, 6) is 1.44. The number of piperidine rings is 1. The van der Waals surface area contributed by atoms with Gasteiger partial charge in [-0.2, -0.15) is 0 Å². The van der Waals surface area contributed by atoms with Crippen LogP contribution in [0.5, 0.6) is 5.75 Å². The van der Waals surface area contributed by atoms with Crippen molar-refractivity contribution in [3.05, 3.63) is 29.3 Å². The molecule has 1 aromatic carbocycles. The normalized spacial score (nSPS) is 32.4. The van der Waals surface area contributed by atoms with Crippen LogP contribution in [-0.2, 0) is 6.42 Å². The highest BCUT2D eigenvalue weighted by Crippen LogP contribution is 2.38. The number of para-hydroxylation sites is 1. The molecule has 4 atom stereocenters. The van der Waals surface area contributed by atoms with E-state index in [0.29, 0.717) is 18.0 Å². The Morgan fingerprint density at radius 3 is 2.64 bits per heavy atom. The Hall–Kier alpha value is -1.06. The van der Waals surface area contributed by atoms with Gasteiger partial charge in [0.2, 0.25) is 0 Å². The minimum atomic E-state index is 0.0941. The molecular weight excluding hydrogens is 272 g/mol. The van der Waals surface area contributed by atoms with Gasteiger partial charge in [-0.3, -0.25) is 4.90 Å². The molecule has 0 bridgehead atoms. The first-order valence-corrected chi connectivity index (χ1v) is 8.87. The van der Waals surface area contributed by atoms with Gasteiger partial charge in [-0.15, -0.1) is 0 Å². The van der Waals surface area contributed by atoms with Crippen molar-refractivity contribution in [2.45, 2.75) is 64.6 Å². The zero-order chi connectivity index (χ0) is 15.7. The second kappa shape index (κ2) is 6.59. The van der Waals surface area contributed by atoms with Crippen molar-refractivity contribution in [3.63, 3.8) is 0 Å². The molecule has 3 nitrogen and oxygen atoms in total. The second-order valence-electron chi connectivity index (χ2n) is 7.11. The maximum Gasteiger partial charge on any atom is 0.127 e. The minimum Gasteiger partial charge on any atom is -0.493 e. The van der Waals surface area contributed by atoms with Crippen molar-refractivity contribution < 1.29 is 4.74 Å². The van der Waals surface area contributed by atoms with Gasteiger partial charge in [0.25, 0.3) is 0 Å². The lowest BCUT2D eigenvalue weighted by Crippen LogP contribution is -2.49. The average Bonchev–Trinajstić information content (AvgIpc) is 2.52. The molecule has 1 aromatic rings. The molecule has 0 aromatic heterocycles. The smallest absolute Gasteiger partial charge is 0.127 e. The minimum absolute atomic E-state index is 0.0941. The highest BCUT2D eigenvalue weighted by Gasteiger charge is 2.34. The first kappa shape index (κ1) is 15.8. The summed E-state index contributed by atoms with van der Waals surface area (Å²) in [5.41, 5.74) is 9.10. The number of likely N-dealkylation sites (tertiary alicyclic amines) is 1. The second-order valence-corrected chi connectivity index (χ2v) is 7.11. The Kier molecular flexibility index (Phi) is 4.74. The lowest BCUT2D eigenvalue weighted by atomic mass is 9.87. The topological polar surface area (TPSA) is 38.5 Å². The van der Waals surface area contributed by atoms with Crippen LogP contribution >= 0.6 is 0 Å². The van der Waals surface area contributed by atoms with E-state index in [1.165, 1.54) is 30.4 Å². The van der Waals surface area contributed by atoms with E-state index in [1.54, 1.807) is 0 Å². The summed E-state index contributed by atoms with van der Waals surface area (Å²) < 4.78 is 6.13. The molecule has 122 valence electrons. The van der Waals surface area contributed by atoms with Gasteiger partial charge in [0.05, 0.1) is 6.61 Å². The van der Waals surface area contributed by atoms with E-state index in [-0.39, 0.29) is 6.04 Å². The third-order valence-electron chi connectivity index (χ3n) is 5.64. The van der Waals surface area contributed by atoms with Crippen LogP contribution in [0.25, 0.3) is 0 Å². The molecule has 1 fully saturated rings. The third kappa shape index (κ3) is 2.89. The highest BCUT2D eigenvalue weighted by atomic mass is 16.5. The van der Waals surface area contributed by atoms with Crippen molar-refractivity contribution >= 4 is 0 Å². The quantitative estimate of drug-likeness (QED) is 0.928. The van der Waals surface area contributed by atoms with E-state index in [9.17, 15) is 0 Å². The van der Waals surface area contributed by atoms with Crippen molar-refractivity contribution in [2.24, 2.45) is 11.7 Å². The number of nitrogens with zero attached hydrogens (tertiary/aromatic N) is 1. The summed E-state index contributed by atoms with van der Waals surface area (Å²) in [6.45, 7) is 8.69. The van der Waals surface area contributed by atoms with Gasteiger partial charge in [0.1, 0.15) is 5.75 Å². The van der Waals surface area contributed by atoms with Gasteiger partial charge in [0, 0.05) is 36.2 Å². The molecule has 0 amide bonds. The SMILES string of the molecule is CCc1cccc2c1OCC(CN1C(C)CCCC1C)C2N. The van der Waals surface area contributed by atoms with Gasteiger partial charge in [-0.1, -0.05) is 31.5 Å². The van der Waals surface area contributed by atoms with Gasteiger partial charge in [-0.25, -0.2) is 0 Å². The summed E-state index contributed by atoms with van der Waals surface area (Å²) in [6, 6.07) is 7.85. The van der Waals surface area contributed by atoms with Gasteiger partial charge in [-0.05, 0) is 38.7 Å². The maximum absolute atomic E-state index is 6.62. The summed E-state index contributed by atoms with van der Waals surface area (Å²) in [5, 5.41) is 0. The molecule has 1 saturated heterocycles. The Labute approximate surface area is 134 Å². The molecule has 0 spiro atoms. The lowest BCUT2D eigenvalue weighted by molar-refractivity contribution is 0.0576. The van der Waals surface area contributed by atoms with Gasteiger partial charge < -0.3 is 10.5 Å². The van der Waals surface area contributed by atoms with E-state index in [0.717, 1.165) is 25.3 Å². The molecule has 4 unspecified atom stereocenters. The number of fused-ring (bicyclic) bond motifs is 1. The van der Waals surface area contributed by atoms with Crippen LogP contribution in [0.1, 0.15) is 57.2 Å². The molecule has 2 aliphatic rings. The van der Waals surface area contributed by atoms with Crippen molar-refractivity contribution in [2.75, 3.05) is 13.2 Å². The first-order valence-electron chi connectivity index (χ1n) is 8.87. The van der Waals surface area contributed by atoms with E-state index >= 15 is 0 Å². The van der Waals surface area contributed by atoms with Crippen LogP contribution in [0.3, 0.4) is 0 Å². The van der Waals surface area contributed by atoms with Crippen LogP contribution in [0.15, 0.2) is 18.2 Å². The summed E-state index contributed by atoms with van der Waals surface area (Å²) in [7, 11) is 0. The fourth-order valence-corrected chi connectivity index (χ4v) is 4.14. The summed E-state index contributed by atoms with van der Waals surface area (Å²) in [4.78, 5) is 2.64. The van der Waals surface area contributed by atoms with E-state index in [4.69, 9.17) is 10.5 Å². The van der Waals surface area contributed by atoms with Crippen LogP contribution < -0.4 is 10.5 Å². The number of hydrogen-bond acceptors (Lipinski definition) is 3. The van der Waals surface area contributed by atoms with Crippen molar-refractivity contribution in [1.29, 1.82) is 0 Å². The number of rotatable bonds is 3. The average molecular weight is 302 g/mol. The number of ether oxygens (including phenoxy) is 1. The number of aryl methyl sites for hydroxylation is 1. The molecule has 2 aliphatic heterocycles. The largest absolute Gasteiger partial charge is 0.493 e. The molecule has 3 rings (SSSR count). The van der Waals surface area contributed by atoms with Gasteiger partial charge >= 0.3 is 0 Å². The highest BCUT2D eigenvalue weighted by molar-refractivity contribution is 5.45. The Morgan fingerprint density at radius 1 is 1.23 bits per heavy atom. The summed E-state index contributed by atoms with van der Waals surface area (Å²) >= 11 is 0. The molecule has 3 heteroatoms. The molecule has 22 heavy (non-hydrogen) atoms. The van der Waals surface area contributed by atoms with Crippen LogP contribution in [0.4, 0.5) is 0 Å². The van der Waals surface area contributed by atoms with E-state index < -0.39 is 0 Å². The van der Waals surface area contributed by atoms with Crippen LogP contribution in [0.2, 0.25) is 0 Å².